The summed E-state index contributed by atoms with van der Waals surface area (Å²) in [5.41, 5.74) is 2.50. The van der Waals surface area contributed by atoms with Crippen LogP contribution in [-0.2, 0) is 0 Å². The van der Waals surface area contributed by atoms with Gasteiger partial charge in [-0.2, -0.15) is 5.26 Å². The monoisotopic (exact) mass is 315 g/mol. The zero-order valence-corrected chi connectivity index (χ0v) is 11.7. The highest BCUT2D eigenvalue weighted by atomic mass is 79.9. The third-order valence-electron chi connectivity index (χ3n) is 2.60. The molecule has 1 aromatic carbocycles. The van der Waals surface area contributed by atoms with Gasteiger partial charge in [-0.05, 0) is 52.7 Å². The van der Waals surface area contributed by atoms with Crippen molar-refractivity contribution in [3.05, 3.63) is 57.8 Å². The fourth-order valence-electron chi connectivity index (χ4n) is 1.53. The number of halogens is 1. The number of nitrogens with one attached hydrogen (secondary N) is 1. The number of hydrogen-bond acceptors (Lipinski definition) is 3. The zero-order valence-electron chi connectivity index (χ0n) is 10.1. The summed E-state index contributed by atoms with van der Waals surface area (Å²) in [5.74, 6) is -0.252. The first-order chi connectivity index (χ1) is 9.10. The summed E-state index contributed by atoms with van der Waals surface area (Å²) in [6, 6.07) is 10.6. The largest absolute Gasteiger partial charge is 0.322 e. The van der Waals surface area contributed by atoms with Gasteiger partial charge < -0.3 is 5.32 Å². The number of amides is 1. The molecule has 0 unspecified atom stereocenters. The molecule has 1 aromatic heterocycles. The van der Waals surface area contributed by atoms with Crippen LogP contribution < -0.4 is 5.32 Å². The molecule has 2 aromatic rings. The van der Waals surface area contributed by atoms with Crippen molar-refractivity contribution in [2.75, 3.05) is 5.32 Å². The number of pyridine rings is 1. The number of aromatic nitrogens is 1. The van der Waals surface area contributed by atoms with Crippen LogP contribution >= 0.6 is 15.9 Å². The summed E-state index contributed by atoms with van der Waals surface area (Å²) < 4.78 is 0.673. The van der Waals surface area contributed by atoms with Gasteiger partial charge in [0.15, 0.2) is 0 Å². The van der Waals surface area contributed by atoms with Gasteiger partial charge >= 0.3 is 0 Å². The lowest BCUT2D eigenvalue weighted by Crippen LogP contribution is -2.13. The Labute approximate surface area is 119 Å². The van der Waals surface area contributed by atoms with E-state index in [9.17, 15) is 4.79 Å². The van der Waals surface area contributed by atoms with E-state index in [1.54, 1.807) is 30.3 Å². The second kappa shape index (κ2) is 5.63. The highest BCUT2D eigenvalue weighted by molar-refractivity contribution is 9.10. The first-order valence-electron chi connectivity index (χ1n) is 5.54. The Kier molecular flexibility index (Phi) is 3.93. The zero-order chi connectivity index (χ0) is 13.8. The molecule has 19 heavy (non-hydrogen) atoms. The van der Waals surface area contributed by atoms with E-state index < -0.39 is 0 Å². The number of benzene rings is 1. The SMILES string of the molecule is Cc1ccc(C#N)cc1NC(=O)c1ccc(Br)nc1. The molecule has 0 spiro atoms. The Morgan fingerprint density at radius 1 is 1.37 bits per heavy atom. The average Bonchev–Trinajstić information content (AvgIpc) is 2.42. The molecule has 1 N–H and O–H groups in total. The van der Waals surface area contributed by atoms with Gasteiger partial charge in [-0.1, -0.05) is 6.07 Å². The number of aryl methyl sites for hydroxylation is 1. The lowest BCUT2D eigenvalue weighted by Gasteiger charge is -2.08. The molecule has 94 valence electrons. The van der Waals surface area contributed by atoms with Gasteiger partial charge in [-0.25, -0.2) is 4.98 Å². The molecule has 0 radical (unpaired) electrons. The van der Waals surface area contributed by atoms with Gasteiger partial charge in [0.05, 0.1) is 17.2 Å². The second-order valence-electron chi connectivity index (χ2n) is 3.97. The van der Waals surface area contributed by atoms with Crippen LogP contribution in [0.2, 0.25) is 0 Å². The maximum atomic E-state index is 12.0. The Balaban J connectivity index is 2.24. The minimum absolute atomic E-state index is 0.252. The van der Waals surface area contributed by atoms with Crippen molar-refractivity contribution in [1.29, 1.82) is 5.26 Å². The van der Waals surface area contributed by atoms with E-state index in [0.717, 1.165) is 5.56 Å². The van der Waals surface area contributed by atoms with E-state index in [1.165, 1.54) is 6.20 Å². The molecule has 0 aliphatic carbocycles. The van der Waals surface area contributed by atoms with Gasteiger partial charge in [-0.15, -0.1) is 0 Å². The first-order valence-corrected chi connectivity index (χ1v) is 6.33. The van der Waals surface area contributed by atoms with Crippen LogP contribution in [0.4, 0.5) is 5.69 Å². The topological polar surface area (TPSA) is 65.8 Å². The molecule has 0 fully saturated rings. The fraction of sp³-hybridized carbons (Fsp3) is 0.0714. The minimum Gasteiger partial charge on any atom is -0.322 e. The lowest BCUT2D eigenvalue weighted by molar-refractivity contribution is 0.102. The molecule has 0 atom stereocenters. The van der Waals surface area contributed by atoms with Gasteiger partial charge in [0.2, 0.25) is 0 Å². The lowest BCUT2D eigenvalue weighted by atomic mass is 10.1. The van der Waals surface area contributed by atoms with E-state index >= 15 is 0 Å². The predicted molar refractivity (Wildman–Crippen MR) is 75.8 cm³/mol. The number of nitriles is 1. The third kappa shape index (κ3) is 3.18. The summed E-state index contributed by atoms with van der Waals surface area (Å²) in [6.45, 7) is 1.87. The van der Waals surface area contributed by atoms with Crippen molar-refractivity contribution in [2.24, 2.45) is 0 Å². The molecular formula is C14H10BrN3O. The minimum atomic E-state index is -0.252. The highest BCUT2D eigenvalue weighted by Gasteiger charge is 2.08. The number of hydrogen-bond donors (Lipinski definition) is 1. The Bertz CT molecular complexity index is 659. The number of rotatable bonds is 2. The molecule has 0 saturated carbocycles. The van der Waals surface area contributed by atoms with E-state index in [4.69, 9.17) is 5.26 Å². The number of nitrogens with zero attached hydrogens (tertiary/aromatic N) is 2. The summed E-state index contributed by atoms with van der Waals surface area (Å²) in [7, 11) is 0. The van der Waals surface area contributed by atoms with Crippen molar-refractivity contribution in [3.8, 4) is 6.07 Å². The van der Waals surface area contributed by atoms with Crippen LogP contribution in [0.15, 0.2) is 41.1 Å². The van der Waals surface area contributed by atoms with Crippen molar-refractivity contribution >= 4 is 27.5 Å². The molecule has 2 rings (SSSR count). The standard InChI is InChI=1S/C14H10BrN3O/c1-9-2-3-10(7-16)6-12(9)18-14(19)11-4-5-13(15)17-8-11/h2-6,8H,1H3,(H,18,19). The Morgan fingerprint density at radius 2 is 2.16 bits per heavy atom. The summed E-state index contributed by atoms with van der Waals surface area (Å²) in [4.78, 5) is 16.0. The van der Waals surface area contributed by atoms with Crippen LogP contribution in [0.5, 0.6) is 0 Å². The molecule has 4 nitrogen and oxygen atoms in total. The van der Waals surface area contributed by atoms with Crippen molar-refractivity contribution in [3.63, 3.8) is 0 Å². The van der Waals surface area contributed by atoms with Crippen LogP contribution in [0.3, 0.4) is 0 Å². The second-order valence-corrected chi connectivity index (χ2v) is 4.78. The Hall–Kier alpha value is -2.19. The van der Waals surface area contributed by atoms with E-state index in [1.807, 2.05) is 13.0 Å². The van der Waals surface area contributed by atoms with Crippen LogP contribution in [0, 0.1) is 18.3 Å². The number of carbonyl (C=O) groups excluding carboxylic acids is 1. The molecule has 0 bridgehead atoms. The Morgan fingerprint density at radius 3 is 2.79 bits per heavy atom. The van der Waals surface area contributed by atoms with E-state index in [2.05, 4.69) is 26.2 Å². The van der Waals surface area contributed by atoms with E-state index in [0.29, 0.717) is 21.4 Å². The van der Waals surface area contributed by atoms with Gasteiger partial charge in [-0.3, -0.25) is 4.79 Å². The molecule has 1 amide bonds. The summed E-state index contributed by atoms with van der Waals surface area (Å²) in [5, 5.41) is 11.6. The highest BCUT2D eigenvalue weighted by Crippen LogP contribution is 2.17. The van der Waals surface area contributed by atoms with Gasteiger partial charge in [0.25, 0.3) is 5.91 Å². The van der Waals surface area contributed by atoms with Crippen molar-refractivity contribution < 1.29 is 4.79 Å². The van der Waals surface area contributed by atoms with Gasteiger partial charge in [0.1, 0.15) is 4.60 Å². The number of carbonyl (C=O) groups is 1. The third-order valence-corrected chi connectivity index (χ3v) is 3.07. The van der Waals surface area contributed by atoms with Crippen LogP contribution in [0.1, 0.15) is 21.5 Å². The molecule has 0 aliphatic rings. The molecular weight excluding hydrogens is 306 g/mol. The summed E-state index contributed by atoms with van der Waals surface area (Å²) >= 11 is 3.21. The maximum absolute atomic E-state index is 12.0. The van der Waals surface area contributed by atoms with Gasteiger partial charge in [0, 0.05) is 11.9 Å². The van der Waals surface area contributed by atoms with E-state index in [-0.39, 0.29) is 5.91 Å². The first kappa shape index (κ1) is 13.2. The van der Waals surface area contributed by atoms with Crippen LogP contribution in [-0.4, -0.2) is 10.9 Å². The van der Waals surface area contributed by atoms with Crippen molar-refractivity contribution in [1.82, 2.24) is 4.98 Å². The quantitative estimate of drug-likeness (QED) is 0.865. The smallest absolute Gasteiger partial charge is 0.257 e. The normalized spacial score (nSPS) is 9.74. The predicted octanol–water partition coefficient (Wildman–Crippen LogP) is 3.28. The molecule has 1 heterocycles. The summed E-state index contributed by atoms with van der Waals surface area (Å²) in [6.07, 6.45) is 1.49. The molecule has 5 heteroatoms. The number of anilines is 1. The fourth-order valence-corrected chi connectivity index (χ4v) is 1.77. The molecule has 0 aliphatic heterocycles. The van der Waals surface area contributed by atoms with Crippen molar-refractivity contribution in [2.45, 2.75) is 6.92 Å². The molecule has 0 saturated heterocycles. The maximum Gasteiger partial charge on any atom is 0.257 e. The average molecular weight is 316 g/mol. The van der Waals surface area contributed by atoms with Crippen LogP contribution in [0.25, 0.3) is 0 Å².